The van der Waals surface area contributed by atoms with Crippen LogP contribution in [0.1, 0.15) is 29.9 Å². The second kappa shape index (κ2) is 6.31. The quantitative estimate of drug-likeness (QED) is 0.635. The number of anilines is 1. The zero-order valence-corrected chi connectivity index (χ0v) is 13.5. The molecule has 0 N–H and O–H groups in total. The lowest BCUT2D eigenvalue weighted by atomic mass is 9.88. The molecule has 2 aromatic rings. The predicted octanol–water partition coefficient (Wildman–Crippen LogP) is 3.49. The SMILES string of the molecule is C=Cc1cc2c(nc1F)C(c1ccco1)C(C(=O)OC)=CN2CC. The van der Waals surface area contributed by atoms with Gasteiger partial charge in [-0.2, -0.15) is 4.39 Å². The summed E-state index contributed by atoms with van der Waals surface area (Å²) >= 11 is 0. The zero-order chi connectivity index (χ0) is 17.3. The molecule has 0 spiro atoms. The Balaban J connectivity index is 2.26. The summed E-state index contributed by atoms with van der Waals surface area (Å²) in [5.74, 6) is -1.27. The van der Waals surface area contributed by atoms with Gasteiger partial charge in [0, 0.05) is 18.3 Å². The number of carbonyl (C=O) groups is 1. The summed E-state index contributed by atoms with van der Waals surface area (Å²) < 4.78 is 24.6. The molecule has 0 radical (unpaired) electrons. The van der Waals surface area contributed by atoms with Crippen LogP contribution in [0.2, 0.25) is 0 Å². The average Bonchev–Trinajstić information content (AvgIpc) is 3.13. The van der Waals surface area contributed by atoms with Gasteiger partial charge in [0.2, 0.25) is 5.95 Å². The lowest BCUT2D eigenvalue weighted by molar-refractivity contribution is -0.136. The summed E-state index contributed by atoms with van der Waals surface area (Å²) in [7, 11) is 1.31. The highest BCUT2D eigenvalue weighted by molar-refractivity contribution is 5.93. The van der Waals surface area contributed by atoms with Crippen molar-refractivity contribution in [2.75, 3.05) is 18.6 Å². The lowest BCUT2D eigenvalue weighted by Gasteiger charge is -2.31. The summed E-state index contributed by atoms with van der Waals surface area (Å²) in [5, 5.41) is 0. The van der Waals surface area contributed by atoms with Crippen LogP contribution in [0, 0.1) is 5.95 Å². The van der Waals surface area contributed by atoms with E-state index < -0.39 is 17.8 Å². The number of aromatic nitrogens is 1. The summed E-state index contributed by atoms with van der Waals surface area (Å²) in [6.07, 6.45) is 4.62. The molecular weight excluding hydrogens is 311 g/mol. The predicted molar refractivity (Wildman–Crippen MR) is 88.0 cm³/mol. The van der Waals surface area contributed by atoms with E-state index in [4.69, 9.17) is 9.15 Å². The average molecular weight is 328 g/mol. The Morgan fingerprint density at radius 1 is 1.58 bits per heavy atom. The van der Waals surface area contributed by atoms with E-state index in [9.17, 15) is 9.18 Å². The van der Waals surface area contributed by atoms with Crippen molar-refractivity contribution >= 4 is 17.7 Å². The van der Waals surface area contributed by atoms with Gasteiger partial charge in [0.05, 0.1) is 36.2 Å². The Bertz CT molecular complexity index is 812. The standard InChI is InChI=1S/C18H17FN2O3/c1-4-11-9-13-16(20-17(11)19)15(14-7-6-8-24-14)12(18(22)23-3)10-21(13)5-2/h4,6-10,15H,1,5H2,2-3H3. The largest absolute Gasteiger partial charge is 0.468 e. The highest BCUT2D eigenvalue weighted by Gasteiger charge is 2.36. The van der Waals surface area contributed by atoms with Crippen molar-refractivity contribution in [3.63, 3.8) is 0 Å². The molecule has 1 aliphatic rings. The fourth-order valence-corrected chi connectivity index (χ4v) is 2.85. The van der Waals surface area contributed by atoms with Gasteiger partial charge in [0.15, 0.2) is 0 Å². The summed E-state index contributed by atoms with van der Waals surface area (Å²) in [4.78, 5) is 18.2. The van der Waals surface area contributed by atoms with Gasteiger partial charge < -0.3 is 14.1 Å². The van der Waals surface area contributed by atoms with Gasteiger partial charge in [0.1, 0.15) is 5.76 Å². The highest BCUT2D eigenvalue weighted by atomic mass is 19.1. The smallest absolute Gasteiger partial charge is 0.336 e. The minimum atomic E-state index is -0.637. The first kappa shape index (κ1) is 16.0. The minimum Gasteiger partial charge on any atom is -0.468 e. The van der Waals surface area contributed by atoms with Crippen LogP contribution in [-0.4, -0.2) is 24.6 Å². The van der Waals surface area contributed by atoms with E-state index in [0.717, 1.165) is 0 Å². The number of carbonyl (C=O) groups excluding carboxylic acids is 1. The van der Waals surface area contributed by atoms with E-state index in [1.807, 2.05) is 11.8 Å². The van der Waals surface area contributed by atoms with Crippen LogP contribution >= 0.6 is 0 Å². The number of rotatable bonds is 4. The summed E-state index contributed by atoms with van der Waals surface area (Å²) in [5.41, 5.74) is 1.78. The van der Waals surface area contributed by atoms with E-state index in [1.165, 1.54) is 19.4 Å². The maximum atomic E-state index is 14.3. The Hall–Kier alpha value is -2.89. The summed E-state index contributed by atoms with van der Waals surface area (Å²) in [6.45, 7) is 6.13. The first-order valence-electron chi connectivity index (χ1n) is 7.53. The minimum absolute atomic E-state index is 0.306. The van der Waals surface area contributed by atoms with Crippen molar-refractivity contribution in [2.24, 2.45) is 0 Å². The number of pyridine rings is 1. The Labute approximate surface area is 139 Å². The maximum absolute atomic E-state index is 14.3. The van der Waals surface area contributed by atoms with Crippen LogP contribution in [-0.2, 0) is 9.53 Å². The van der Waals surface area contributed by atoms with Gasteiger partial charge in [-0.15, -0.1) is 0 Å². The van der Waals surface area contributed by atoms with Crippen LogP contribution in [0.25, 0.3) is 6.08 Å². The first-order chi connectivity index (χ1) is 11.6. The van der Waals surface area contributed by atoms with E-state index >= 15 is 0 Å². The molecule has 0 bridgehead atoms. The van der Waals surface area contributed by atoms with Gasteiger partial charge >= 0.3 is 5.97 Å². The maximum Gasteiger partial charge on any atom is 0.336 e. The fourth-order valence-electron chi connectivity index (χ4n) is 2.85. The van der Waals surface area contributed by atoms with Gasteiger partial charge in [0.25, 0.3) is 0 Å². The summed E-state index contributed by atoms with van der Waals surface area (Å²) in [6, 6.07) is 5.12. The van der Waals surface area contributed by atoms with Crippen LogP contribution in [0.15, 0.2) is 47.2 Å². The molecule has 1 unspecified atom stereocenters. The molecule has 0 aromatic carbocycles. The molecule has 0 aliphatic carbocycles. The second-order valence-corrected chi connectivity index (χ2v) is 5.29. The van der Waals surface area contributed by atoms with Crippen molar-refractivity contribution in [1.82, 2.24) is 4.98 Å². The third-order valence-corrected chi connectivity index (χ3v) is 4.01. The normalized spacial score (nSPS) is 16.4. The van der Waals surface area contributed by atoms with Crippen LogP contribution in [0.5, 0.6) is 0 Å². The van der Waals surface area contributed by atoms with E-state index in [0.29, 0.717) is 34.8 Å². The van der Waals surface area contributed by atoms with E-state index in [1.54, 1.807) is 24.4 Å². The molecule has 2 aromatic heterocycles. The molecule has 124 valence electrons. The molecule has 24 heavy (non-hydrogen) atoms. The van der Waals surface area contributed by atoms with E-state index in [2.05, 4.69) is 11.6 Å². The molecule has 3 heterocycles. The molecule has 1 atom stereocenters. The molecule has 6 heteroatoms. The van der Waals surface area contributed by atoms with Crippen molar-refractivity contribution < 1.29 is 18.3 Å². The number of ether oxygens (including phenoxy) is 1. The number of nitrogens with zero attached hydrogens (tertiary/aromatic N) is 2. The van der Waals surface area contributed by atoms with Crippen LogP contribution in [0.3, 0.4) is 0 Å². The Morgan fingerprint density at radius 3 is 2.96 bits per heavy atom. The van der Waals surface area contributed by atoms with Gasteiger partial charge in [-0.3, -0.25) is 0 Å². The molecule has 0 amide bonds. The molecule has 0 fully saturated rings. The van der Waals surface area contributed by atoms with Crippen molar-refractivity contribution in [2.45, 2.75) is 12.8 Å². The number of fused-ring (bicyclic) bond motifs is 1. The van der Waals surface area contributed by atoms with Crippen molar-refractivity contribution in [3.8, 4) is 0 Å². The molecule has 1 aliphatic heterocycles. The number of hydrogen-bond acceptors (Lipinski definition) is 5. The third kappa shape index (κ3) is 2.50. The number of halogens is 1. The van der Waals surface area contributed by atoms with Gasteiger partial charge in [-0.25, -0.2) is 9.78 Å². The number of hydrogen-bond donors (Lipinski definition) is 0. The molecule has 5 nitrogen and oxygen atoms in total. The van der Waals surface area contributed by atoms with Gasteiger partial charge in [-0.05, 0) is 25.1 Å². The second-order valence-electron chi connectivity index (χ2n) is 5.29. The number of furan rings is 1. The highest BCUT2D eigenvalue weighted by Crippen LogP contribution is 2.42. The zero-order valence-electron chi connectivity index (χ0n) is 13.5. The topological polar surface area (TPSA) is 55.6 Å². The van der Waals surface area contributed by atoms with Crippen molar-refractivity contribution in [3.05, 3.63) is 65.8 Å². The van der Waals surface area contributed by atoms with Crippen LogP contribution in [0.4, 0.5) is 10.1 Å². The monoisotopic (exact) mass is 328 g/mol. The first-order valence-corrected chi connectivity index (χ1v) is 7.53. The van der Waals surface area contributed by atoms with Crippen LogP contribution < -0.4 is 4.90 Å². The van der Waals surface area contributed by atoms with Crippen molar-refractivity contribution in [1.29, 1.82) is 0 Å². The Kier molecular flexibility index (Phi) is 4.20. The molecular formula is C18H17FN2O3. The Morgan fingerprint density at radius 2 is 2.38 bits per heavy atom. The third-order valence-electron chi connectivity index (χ3n) is 4.01. The molecule has 0 saturated heterocycles. The number of methoxy groups -OCH3 is 1. The molecule has 0 saturated carbocycles. The van der Waals surface area contributed by atoms with Gasteiger partial charge in [-0.1, -0.05) is 12.7 Å². The number of esters is 1. The fraction of sp³-hybridized carbons (Fsp3) is 0.222. The lowest BCUT2D eigenvalue weighted by Crippen LogP contribution is -2.29. The van der Waals surface area contributed by atoms with E-state index in [-0.39, 0.29) is 0 Å². The molecule has 3 rings (SSSR count).